The molecule has 0 aromatic heterocycles. The van der Waals surface area contributed by atoms with Crippen LogP contribution in [0.2, 0.25) is 0 Å². The topological polar surface area (TPSA) is 49.8 Å². The van der Waals surface area contributed by atoms with Gasteiger partial charge in [-0.3, -0.25) is 9.69 Å². The van der Waals surface area contributed by atoms with E-state index in [1.807, 2.05) is 0 Å². The maximum atomic E-state index is 12.3. The molecule has 0 fully saturated rings. The van der Waals surface area contributed by atoms with Crippen molar-refractivity contribution in [2.45, 2.75) is 13.2 Å². The molecule has 6 heteroatoms. The molecule has 0 saturated carbocycles. The number of hydrogen-bond acceptors (Lipinski definition) is 3. The third-order valence-corrected chi connectivity index (χ3v) is 2.33. The second-order valence-corrected chi connectivity index (χ2v) is 3.84. The van der Waals surface area contributed by atoms with E-state index >= 15 is 0 Å². The van der Waals surface area contributed by atoms with E-state index in [1.165, 1.54) is 6.07 Å². The Bertz CT molecular complexity index is 438. The summed E-state index contributed by atoms with van der Waals surface area (Å²) in [7, 11) is 0. The highest BCUT2D eigenvalue weighted by atomic mass is 19.3. The first kappa shape index (κ1) is 15.1. The number of halogens is 2. The summed E-state index contributed by atoms with van der Waals surface area (Å²) < 4.78 is 28.9. The van der Waals surface area contributed by atoms with E-state index in [4.69, 9.17) is 5.11 Å². The van der Waals surface area contributed by atoms with Gasteiger partial charge in [0.25, 0.3) is 0 Å². The second kappa shape index (κ2) is 7.48. The van der Waals surface area contributed by atoms with Crippen LogP contribution in [0.3, 0.4) is 0 Å². The third-order valence-electron chi connectivity index (χ3n) is 2.33. The Morgan fingerprint density at radius 3 is 2.74 bits per heavy atom. The molecule has 1 aromatic rings. The average molecular weight is 271 g/mol. The molecule has 0 unspecified atom stereocenters. The Labute approximate surface area is 109 Å². The quantitative estimate of drug-likeness (QED) is 0.737. The summed E-state index contributed by atoms with van der Waals surface area (Å²) in [5.41, 5.74) is 0.505. The smallest absolute Gasteiger partial charge is 0.387 e. The Kier molecular flexibility index (Phi) is 5.95. The van der Waals surface area contributed by atoms with Crippen molar-refractivity contribution in [1.82, 2.24) is 4.90 Å². The highest BCUT2D eigenvalue weighted by Gasteiger charge is 2.14. The van der Waals surface area contributed by atoms with Crippen molar-refractivity contribution < 1.29 is 23.4 Å². The first-order valence-electron chi connectivity index (χ1n) is 5.60. The van der Waals surface area contributed by atoms with Gasteiger partial charge in [-0.15, -0.1) is 6.58 Å². The number of hydrogen-bond donors (Lipinski definition) is 1. The maximum absolute atomic E-state index is 12.3. The van der Waals surface area contributed by atoms with Crippen LogP contribution in [0, 0.1) is 0 Å². The van der Waals surface area contributed by atoms with Crippen LogP contribution >= 0.6 is 0 Å². The van der Waals surface area contributed by atoms with Crippen LogP contribution in [0.25, 0.3) is 0 Å². The molecule has 0 aliphatic rings. The number of ether oxygens (including phenoxy) is 1. The lowest BCUT2D eigenvalue weighted by Crippen LogP contribution is -2.29. The molecular formula is C13H15F2NO3. The van der Waals surface area contributed by atoms with Crippen LogP contribution in [0.4, 0.5) is 8.78 Å². The average Bonchev–Trinajstić information content (AvgIpc) is 2.30. The minimum Gasteiger partial charge on any atom is -0.480 e. The summed E-state index contributed by atoms with van der Waals surface area (Å²) in [5, 5.41) is 8.78. The molecular weight excluding hydrogens is 256 g/mol. The predicted octanol–water partition coefficient (Wildman–Crippen LogP) is 2.36. The molecule has 0 heterocycles. The Morgan fingerprint density at radius 2 is 2.16 bits per heavy atom. The monoisotopic (exact) mass is 271 g/mol. The summed E-state index contributed by atoms with van der Waals surface area (Å²) >= 11 is 0. The SMILES string of the molecule is C=CCN(CC(=O)O)Cc1ccccc1OC(F)F. The molecule has 0 amide bonds. The van der Waals surface area contributed by atoms with Crippen LogP contribution in [0.1, 0.15) is 5.56 Å². The summed E-state index contributed by atoms with van der Waals surface area (Å²) in [4.78, 5) is 12.3. The number of carboxylic acids is 1. The summed E-state index contributed by atoms with van der Waals surface area (Å²) in [6.45, 7) is 0.964. The van der Waals surface area contributed by atoms with Crippen molar-refractivity contribution in [3.8, 4) is 5.75 Å². The first-order chi connectivity index (χ1) is 9.02. The van der Waals surface area contributed by atoms with Gasteiger partial charge in [-0.2, -0.15) is 8.78 Å². The fourth-order valence-corrected chi connectivity index (χ4v) is 1.65. The standard InChI is InChI=1S/C13H15F2NO3/c1-2-7-16(9-12(17)18)8-10-5-3-4-6-11(10)19-13(14)15/h2-6,13H,1,7-9H2,(H,17,18). The zero-order chi connectivity index (χ0) is 14.3. The van der Waals surface area contributed by atoms with Gasteiger partial charge in [-0.1, -0.05) is 24.3 Å². The van der Waals surface area contributed by atoms with Crippen molar-refractivity contribution in [1.29, 1.82) is 0 Å². The summed E-state index contributed by atoms with van der Waals surface area (Å²) in [5.74, 6) is -0.939. The molecule has 0 saturated heterocycles. The normalized spacial score (nSPS) is 10.7. The lowest BCUT2D eigenvalue weighted by Gasteiger charge is -2.20. The fourth-order valence-electron chi connectivity index (χ4n) is 1.65. The number of alkyl halides is 2. The molecule has 104 valence electrons. The van der Waals surface area contributed by atoms with E-state index in [0.29, 0.717) is 12.1 Å². The van der Waals surface area contributed by atoms with Crippen molar-refractivity contribution in [2.75, 3.05) is 13.1 Å². The van der Waals surface area contributed by atoms with Gasteiger partial charge in [0.2, 0.25) is 0 Å². The minimum atomic E-state index is -2.91. The van der Waals surface area contributed by atoms with E-state index in [9.17, 15) is 13.6 Å². The van der Waals surface area contributed by atoms with E-state index in [1.54, 1.807) is 29.2 Å². The summed E-state index contributed by atoms with van der Waals surface area (Å²) in [6, 6.07) is 6.31. The molecule has 1 aromatic carbocycles. The Hall–Kier alpha value is -1.95. The Morgan fingerprint density at radius 1 is 1.47 bits per heavy atom. The first-order valence-corrected chi connectivity index (χ1v) is 5.60. The third kappa shape index (κ3) is 5.48. The minimum absolute atomic E-state index is 0.0527. The van der Waals surface area contributed by atoms with Crippen LogP contribution in [0.5, 0.6) is 5.75 Å². The van der Waals surface area contributed by atoms with Gasteiger partial charge in [-0.05, 0) is 6.07 Å². The van der Waals surface area contributed by atoms with Crippen LogP contribution in [0.15, 0.2) is 36.9 Å². The van der Waals surface area contributed by atoms with Crippen molar-refractivity contribution in [3.05, 3.63) is 42.5 Å². The molecule has 1 rings (SSSR count). The second-order valence-electron chi connectivity index (χ2n) is 3.84. The lowest BCUT2D eigenvalue weighted by molar-refractivity contribution is -0.138. The van der Waals surface area contributed by atoms with Crippen LogP contribution < -0.4 is 4.74 Å². The number of carbonyl (C=O) groups is 1. The molecule has 0 atom stereocenters. The number of carboxylic acid groups (broad SMARTS) is 1. The molecule has 4 nitrogen and oxygen atoms in total. The van der Waals surface area contributed by atoms with E-state index in [-0.39, 0.29) is 18.8 Å². The highest BCUT2D eigenvalue weighted by Crippen LogP contribution is 2.21. The van der Waals surface area contributed by atoms with Gasteiger partial charge >= 0.3 is 12.6 Å². The van der Waals surface area contributed by atoms with Crippen molar-refractivity contribution in [3.63, 3.8) is 0 Å². The zero-order valence-electron chi connectivity index (χ0n) is 10.3. The summed E-state index contributed by atoms with van der Waals surface area (Å²) in [6.07, 6.45) is 1.56. The number of para-hydroxylation sites is 1. The molecule has 0 aliphatic heterocycles. The molecule has 1 N–H and O–H groups in total. The fraction of sp³-hybridized carbons (Fsp3) is 0.308. The largest absolute Gasteiger partial charge is 0.480 e. The predicted molar refractivity (Wildman–Crippen MR) is 66.2 cm³/mol. The molecule has 0 bridgehead atoms. The molecule has 19 heavy (non-hydrogen) atoms. The highest BCUT2D eigenvalue weighted by molar-refractivity contribution is 5.69. The maximum Gasteiger partial charge on any atom is 0.387 e. The van der Waals surface area contributed by atoms with Crippen LogP contribution in [-0.2, 0) is 11.3 Å². The number of nitrogens with zero attached hydrogens (tertiary/aromatic N) is 1. The van der Waals surface area contributed by atoms with Gasteiger partial charge in [0.15, 0.2) is 0 Å². The van der Waals surface area contributed by atoms with Gasteiger partial charge < -0.3 is 9.84 Å². The van der Waals surface area contributed by atoms with Gasteiger partial charge in [0, 0.05) is 18.7 Å². The lowest BCUT2D eigenvalue weighted by atomic mass is 10.2. The van der Waals surface area contributed by atoms with Crippen molar-refractivity contribution >= 4 is 5.97 Å². The van der Waals surface area contributed by atoms with Crippen molar-refractivity contribution in [2.24, 2.45) is 0 Å². The Balaban J connectivity index is 2.82. The number of benzene rings is 1. The molecule has 0 aliphatic carbocycles. The molecule has 0 spiro atoms. The van der Waals surface area contributed by atoms with E-state index < -0.39 is 12.6 Å². The number of rotatable bonds is 8. The zero-order valence-corrected chi connectivity index (χ0v) is 10.3. The van der Waals surface area contributed by atoms with Gasteiger partial charge in [0.05, 0.1) is 6.54 Å². The molecule has 0 radical (unpaired) electrons. The van der Waals surface area contributed by atoms with Gasteiger partial charge in [-0.25, -0.2) is 0 Å². The number of aliphatic carboxylic acids is 1. The van der Waals surface area contributed by atoms with E-state index in [0.717, 1.165) is 0 Å². The van der Waals surface area contributed by atoms with E-state index in [2.05, 4.69) is 11.3 Å². The van der Waals surface area contributed by atoms with Gasteiger partial charge in [0.1, 0.15) is 5.75 Å². The van der Waals surface area contributed by atoms with Crippen LogP contribution in [-0.4, -0.2) is 35.7 Å².